The van der Waals surface area contributed by atoms with Gasteiger partial charge in [-0.3, -0.25) is 0 Å². The molecule has 1 aliphatic carbocycles. The number of anilines is 1. The molecule has 0 aromatic heterocycles. The van der Waals surface area contributed by atoms with E-state index >= 15 is 0 Å². The Labute approximate surface area is 109 Å². The Morgan fingerprint density at radius 1 is 1.33 bits per heavy atom. The van der Waals surface area contributed by atoms with Gasteiger partial charge < -0.3 is 5.32 Å². The number of hydrogen-bond donors (Lipinski definition) is 1. The zero-order chi connectivity index (χ0) is 13.3. The van der Waals surface area contributed by atoms with E-state index in [2.05, 4.69) is 5.32 Å². The van der Waals surface area contributed by atoms with Crippen LogP contribution in [0.1, 0.15) is 18.4 Å². The van der Waals surface area contributed by atoms with E-state index in [0.29, 0.717) is 4.90 Å². The maximum Gasteiger partial charge on any atom is 0.242 e. The second-order valence-electron chi connectivity index (χ2n) is 5.09. The predicted octanol–water partition coefficient (Wildman–Crippen LogP) is 2.07. The zero-order valence-electron chi connectivity index (χ0n) is 11.1. The molecule has 0 aliphatic heterocycles. The van der Waals surface area contributed by atoms with Gasteiger partial charge in [0.15, 0.2) is 0 Å². The van der Waals surface area contributed by atoms with Crippen molar-refractivity contribution >= 4 is 15.7 Å². The molecular formula is C13H20N2O2S. The molecule has 1 saturated carbocycles. The van der Waals surface area contributed by atoms with Gasteiger partial charge in [0.25, 0.3) is 0 Å². The van der Waals surface area contributed by atoms with E-state index in [1.54, 1.807) is 26.2 Å². The molecule has 0 spiro atoms. The third-order valence-electron chi connectivity index (χ3n) is 3.27. The summed E-state index contributed by atoms with van der Waals surface area (Å²) in [7, 11) is -0.250. The molecular weight excluding hydrogens is 248 g/mol. The van der Waals surface area contributed by atoms with Gasteiger partial charge in [-0.25, -0.2) is 12.7 Å². The lowest BCUT2D eigenvalue weighted by Crippen LogP contribution is -2.22. The van der Waals surface area contributed by atoms with Gasteiger partial charge in [-0.2, -0.15) is 0 Å². The minimum absolute atomic E-state index is 0.344. The third-order valence-corrected chi connectivity index (χ3v) is 5.08. The van der Waals surface area contributed by atoms with Gasteiger partial charge in [0.05, 0.1) is 4.90 Å². The van der Waals surface area contributed by atoms with Gasteiger partial charge in [0, 0.05) is 26.3 Å². The van der Waals surface area contributed by atoms with Gasteiger partial charge in [0.1, 0.15) is 0 Å². The smallest absolute Gasteiger partial charge is 0.242 e. The Morgan fingerprint density at radius 2 is 2.00 bits per heavy atom. The highest BCUT2D eigenvalue weighted by Gasteiger charge is 2.22. The lowest BCUT2D eigenvalue weighted by Gasteiger charge is -2.14. The quantitative estimate of drug-likeness (QED) is 0.889. The van der Waals surface area contributed by atoms with E-state index in [1.165, 1.54) is 17.1 Å². The van der Waals surface area contributed by atoms with Crippen molar-refractivity contribution in [3.63, 3.8) is 0 Å². The molecule has 0 bridgehead atoms. The lowest BCUT2D eigenvalue weighted by atomic mass is 10.2. The monoisotopic (exact) mass is 268 g/mol. The first-order valence-electron chi connectivity index (χ1n) is 6.18. The molecule has 1 N–H and O–H groups in total. The van der Waals surface area contributed by atoms with Crippen molar-refractivity contribution in [1.82, 2.24) is 4.31 Å². The molecule has 0 radical (unpaired) electrons. The van der Waals surface area contributed by atoms with Crippen molar-refractivity contribution in [3.05, 3.63) is 23.8 Å². The number of rotatable bonds is 5. The molecule has 2 rings (SSSR count). The highest BCUT2D eigenvalue weighted by Crippen LogP contribution is 2.30. The van der Waals surface area contributed by atoms with E-state index < -0.39 is 10.0 Å². The first-order chi connectivity index (χ1) is 8.41. The molecule has 1 aliphatic rings. The molecule has 1 aromatic rings. The molecule has 18 heavy (non-hydrogen) atoms. The molecule has 0 atom stereocenters. The number of nitrogens with zero attached hydrogens (tertiary/aromatic N) is 1. The Morgan fingerprint density at radius 3 is 2.56 bits per heavy atom. The normalized spacial score (nSPS) is 16.0. The first-order valence-corrected chi connectivity index (χ1v) is 7.62. The molecule has 0 amide bonds. The molecule has 0 saturated heterocycles. The lowest BCUT2D eigenvalue weighted by molar-refractivity contribution is 0.521. The van der Waals surface area contributed by atoms with E-state index in [0.717, 1.165) is 23.7 Å². The van der Waals surface area contributed by atoms with Crippen molar-refractivity contribution in [3.8, 4) is 0 Å². The summed E-state index contributed by atoms with van der Waals surface area (Å²) >= 11 is 0. The summed E-state index contributed by atoms with van der Waals surface area (Å²) in [5, 5.41) is 3.34. The van der Waals surface area contributed by atoms with Crippen molar-refractivity contribution in [2.24, 2.45) is 5.92 Å². The molecule has 100 valence electrons. The first kappa shape index (κ1) is 13.4. The van der Waals surface area contributed by atoms with Crippen LogP contribution in [0.4, 0.5) is 5.69 Å². The predicted molar refractivity (Wildman–Crippen MR) is 73.3 cm³/mol. The zero-order valence-corrected chi connectivity index (χ0v) is 11.9. The minimum atomic E-state index is -3.35. The standard InChI is InChI=1S/C13H20N2O2S/c1-10-4-7-12(18(16,17)15(2)3)8-13(10)14-9-11-5-6-11/h4,7-8,11,14H,5-6,9H2,1-3H3. The number of benzene rings is 1. The van der Waals surface area contributed by atoms with Gasteiger partial charge in [-0.05, 0) is 43.4 Å². The van der Waals surface area contributed by atoms with Crippen LogP contribution in [-0.2, 0) is 10.0 Å². The number of nitrogens with one attached hydrogen (secondary N) is 1. The summed E-state index contributed by atoms with van der Waals surface area (Å²) in [4.78, 5) is 0.344. The molecule has 1 fully saturated rings. The van der Waals surface area contributed by atoms with E-state index in [9.17, 15) is 8.42 Å². The van der Waals surface area contributed by atoms with Crippen molar-refractivity contribution in [2.75, 3.05) is 26.0 Å². The van der Waals surface area contributed by atoms with Crippen LogP contribution in [0.15, 0.2) is 23.1 Å². The summed E-state index contributed by atoms with van der Waals surface area (Å²) in [6.45, 7) is 2.92. The van der Waals surface area contributed by atoms with Crippen LogP contribution in [0.2, 0.25) is 0 Å². The Hall–Kier alpha value is -1.07. The highest BCUT2D eigenvalue weighted by atomic mass is 32.2. The maximum absolute atomic E-state index is 12.0. The van der Waals surface area contributed by atoms with Gasteiger partial charge in [0.2, 0.25) is 10.0 Å². The minimum Gasteiger partial charge on any atom is -0.385 e. The van der Waals surface area contributed by atoms with Gasteiger partial charge in [-0.15, -0.1) is 0 Å². The molecule has 5 heteroatoms. The van der Waals surface area contributed by atoms with Crippen LogP contribution >= 0.6 is 0 Å². The second-order valence-corrected chi connectivity index (χ2v) is 7.24. The summed E-state index contributed by atoms with van der Waals surface area (Å²) in [6, 6.07) is 5.24. The third kappa shape index (κ3) is 2.84. The van der Waals surface area contributed by atoms with Crippen LogP contribution in [0.5, 0.6) is 0 Å². The van der Waals surface area contributed by atoms with E-state index in [-0.39, 0.29) is 0 Å². The van der Waals surface area contributed by atoms with Crippen LogP contribution in [0, 0.1) is 12.8 Å². The van der Waals surface area contributed by atoms with Crippen LogP contribution in [0.25, 0.3) is 0 Å². The average molecular weight is 268 g/mol. The molecule has 0 unspecified atom stereocenters. The Kier molecular flexibility index (Phi) is 3.64. The largest absolute Gasteiger partial charge is 0.385 e. The maximum atomic E-state index is 12.0. The molecule has 4 nitrogen and oxygen atoms in total. The van der Waals surface area contributed by atoms with Gasteiger partial charge >= 0.3 is 0 Å². The SMILES string of the molecule is Cc1ccc(S(=O)(=O)N(C)C)cc1NCC1CC1. The molecule has 1 aromatic carbocycles. The van der Waals surface area contributed by atoms with Crippen LogP contribution in [0.3, 0.4) is 0 Å². The van der Waals surface area contributed by atoms with Crippen molar-refractivity contribution < 1.29 is 8.42 Å². The molecule has 0 heterocycles. The summed E-state index contributed by atoms with van der Waals surface area (Å²) in [6.07, 6.45) is 2.56. The number of aryl methyl sites for hydroxylation is 1. The number of sulfonamides is 1. The fraction of sp³-hybridized carbons (Fsp3) is 0.538. The Balaban J connectivity index is 2.24. The summed E-state index contributed by atoms with van der Waals surface area (Å²) < 4.78 is 25.3. The van der Waals surface area contributed by atoms with Crippen LogP contribution < -0.4 is 5.32 Å². The van der Waals surface area contributed by atoms with Crippen molar-refractivity contribution in [1.29, 1.82) is 0 Å². The average Bonchev–Trinajstić information content (AvgIpc) is 3.11. The van der Waals surface area contributed by atoms with Gasteiger partial charge in [-0.1, -0.05) is 6.07 Å². The summed E-state index contributed by atoms with van der Waals surface area (Å²) in [5.41, 5.74) is 2.00. The highest BCUT2D eigenvalue weighted by molar-refractivity contribution is 7.89. The summed E-state index contributed by atoms with van der Waals surface area (Å²) in [5.74, 6) is 0.763. The topological polar surface area (TPSA) is 49.4 Å². The number of hydrogen-bond acceptors (Lipinski definition) is 3. The second kappa shape index (κ2) is 4.90. The fourth-order valence-electron chi connectivity index (χ4n) is 1.74. The fourth-order valence-corrected chi connectivity index (χ4v) is 2.67. The Bertz CT molecular complexity index is 534. The van der Waals surface area contributed by atoms with Crippen molar-refractivity contribution in [2.45, 2.75) is 24.7 Å². The van der Waals surface area contributed by atoms with E-state index in [4.69, 9.17) is 0 Å². The van der Waals surface area contributed by atoms with E-state index in [1.807, 2.05) is 13.0 Å². The van der Waals surface area contributed by atoms with Crippen LogP contribution in [-0.4, -0.2) is 33.4 Å².